The highest BCUT2D eigenvalue weighted by molar-refractivity contribution is 5.88. The minimum absolute atomic E-state index is 0.0199. The highest BCUT2D eigenvalue weighted by atomic mass is 16.6. The van der Waals surface area contributed by atoms with E-state index in [9.17, 15) is 9.59 Å². The maximum atomic E-state index is 11.8. The predicted molar refractivity (Wildman–Crippen MR) is 84.0 cm³/mol. The van der Waals surface area contributed by atoms with Crippen LogP contribution in [0.4, 0.5) is 0 Å². The fourth-order valence-corrected chi connectivity index (χ4v) is 2.37. The van der Waals surface area contributed by atoms with Crippen LogP contribution in [-0.2, 0) is 16.0 Å². The molecule has 0 aromatic carbocycles. The summed E-state index contributed by atoms with van der Waals surface area (Å²) in [5, 5.41) is 0. The second-order valence-electron chi connectivity index (χ2n) is 6.20. The van der Waals surface area contributed by atoms with Crippen molar-refractivity contribution in [3.63, 3.8) is 0 Å². The predicted octanol–water partition coefficient (Wildman–Crippen LogP) is 2.54. The Labute approximate surface area is 130 Å². The van der Waals surface area contributed by atoms with Crippen molar-refractivity contribution < 1.29 is 14.3 Å². The fourth-order valence-electron chi connectivity index (χ4n) is 2.37. The van der Waals surface area contributed by atoms with Crippen LogP contribution in [0.15, 0.2) is 34.8 Å². The lowest BCUT2D eigenvalue weighted by molar-refractivity contribution is 0.0599. The second-order valence-corrected chi connectivity index (χ2v) is 6.20. The first-order chi connectivity index (χ1) is 10.3. The van der Waals surface area contributed by atoms with Crippen LogP contribution in [0, 0.1) is 0 Å². The Morgan fingerprint density at radius 1 is 1.45 bits per heavy atom. The van der Waals surface area contributed by atoms with Gasteiger partial charge in [0, 0.05) is 18.8 Å². The molecular weight excluding hydrogens is 282 g/mol. The Balaban J connectivity index is 1.96. The first-order valence-electron chi connectivity index (χ1n) is 7.46. The molecule has 0 radical (unpaired) electrons. The van der Waals surface area contributed by atoms with Crippen molar-refractivity contribution in [1.82, 2.24) is 4.57 Å². The molecule has 0 N–H and O–H groups in total. The van der Waals surface area contributed by atoms with Gasteiger partial charge in [-0.1, -0.05) is 11.6 Å². The minimum Gasteiger partial charge on any atom is -0.465 e. The molecule has 1 aliphatic rings. The Bertz CT molecular complexity index is 642. The lowest BCUT2D eigenvalue weighted by Crippen LogP contribution is -2.20. The average Bonchev–Trinajstić information content (AvgIpc) is 3.10. The number of esters is 1. The van der Waals surface area contributed by atoms with Crippen LogP contribution in [0.1, 0.15) is 44.0 Å². The molecule has 22 heavy (non-hydrogen) atoms. The molecule has 1 aliphatic heterocycles. The summed E-state index contributed by atoms with van der Waals surface area (Å²) in [5.74, 6) is -0.442. The van der Waals surface area contributed by atoms with E-state index in [1.54, 1.807) is 0 Å². The number of hydrogen-bond acceptors (Lipinski definition) is 4. The molecule has 2 heterocycles. The Morgan fingerprint density at radius 3 is 2.73 bits per heavy atom. The minimum atomic E-state index is -0.442. The molecule has 1 unspecified atom stereocenters. The number of ether oxygens (including phenoxy) is 2. The zero-order chi connectivity index (χ0) is 16.3. The van der Waals surface area contributed by atoms with E-state index >= 15 is 0 Å². The van der Waals surface area contributed by atoms with Gasteiger partial charge in [0.15, 0.2) is 0 Å². The maximum absolute atomic E-state index is 11.8. The largest absolute Gasteiger partial charge is 0.465 e. The number of carbonyl (C=O) groups excluding carboxylic acids is 1. The molecule has 0 spiro atoms. The summed E-state index contributed by atoms with van der Waals surface area (Å²) in [5.41, 5.74) is 1.47. The number of epoxide rings is 1. The van der Waals surface area contributed by atoms with Crippen molar-refractivity contribution in [2.24, 2.45) is 0 Å². The van der Waals surface area contributed by atoms with Crippen LogP contribution in [0.25, 0.3) is 0 Å². The van der Waals surface area contributed by atoms with Crippen molar-refractivity contribution >= 4 is 5.97 Å². The van der Waals surface area contributed by atoms with Crippen molar-refractivity contribution in [1.29, 1.82) is 0 Å². The highest BCUT2D eigenvalue weighted by Gasteiger charge is 2.46. The molecule has 5 heteroatoms. The number of pyridine rings is 1. The standard InChI is InChI=1S/C17H23NO4/c1-12(5-7-14-17(2,3)22-14)9-10-18-11-13(16(20)21-4)6-8-15(18)19/h6,8-9,11,14H,5,7,10H2,1-4H3/b12-9+. The number of nitrogens with zero attached hydrogens (tertiary/aromatic N) is 1. The molecule has 0 aliphatic carbocycles. The third-order valence-corrected chi connectivity index (χ3v) is 4.01. The summed E-state index contributed by atoms with van der Waals surface area (Å²) >= 11 is 0. The van der Waals surface area contributed by atoms with Crippen LogP contribution >= 0.6 is 0 Å². The Hall–Kier alpha value is -1.88. The molecule has 5 nitrogen and oxygen atoms in total. The van der Waals surface area contributed by atoms with E-state index in [4.69, 9.17) is 4.74 Å². The monoisotopic (exact) mass is 305 g/mol. The van der Waals surface area contributed by atoms with E-state index in [0.717, 1.165) is 12.8 Å². The lowest BCUT2D eigenvalue weighted by atomic mass is 10.0. The normalized spacial score (nSPS) is 19.8. The van der Waals surface area contributed by atoms with Crippen LogP contribution in [0.5, 0.6) is 0 Å². The van der Waals surface area contributed by atoms with E-state index in [-0.39, 0.29) is 11.2 Å². The van der Waals surface area contributed by atoms with Crippen LogP contribution in [0.3, 0.4) is 0 Å². The third-order valence-electron chi connectivity index (χ3n) is 4.01. The molecule has 1 aromatic heterocycles. The first-order valence-corrected chi connectivity index (χ1v) is 7.46. The molecule has 1 atom stereocenters. The van der Waals surface area contributed by atoms with Crippen LogP contribution in [-0.4, -0.2) is 29.4 Å². The molecule has 2 rings (SSSR count). The van der Waals surface area contributed by atoms with E-state index in [0.29, 0.717) is 18.2 Å². The molecule has 120 valence electrons. The fraction of sp³-hybridized carbons (Fsp3) is 0.529. The van der Waals surface area contributed by atoms with Gasteiger partial charge in [-0.05, 0) is 39.7 Å². The summed E-state index contributed by atoms with van der Waals surface area (Å²) in [7, 11) is 1.32. The van der Waals surface area contributed by atoms with Crippen LogP contribution < -0.4 is 5.56 Å². The van der Waals surface area contributed by atoms with Crippen molar-refractivity contribution in [2.45, 2.75) is 51.9 Å². The zero-order valence-electron chi connectivity index (χ0n) is 13.6. The van der Waals surface area contributed by atoms with E-state index < -0.39 is 5.97 Å². The van der Waals surface area contributed by atoms with Crippen molar-refractivity contribution in [3.8, 4) is 0 Å². The van der Waals surface area contributed by atoms with Gasteiger partial charge >= 0.3 is 5.97 Å². The molecule has 1 aromatic rings. The van der Waals surface area contributed by atoms with E-state index in [2.05, 4.69) is 18.6 Å². The molecular formula is C17H23NO4. The van der Waals surface area contributed by atoms with Gasteiger partial charge in [0.2, 0.25) is 0 Å². The maximum Gasteiger partial charge on any atom is 0.339 e. The van der Waals surface area contributed by atoms with Gasteiger partial charge in [-0.2, -0.15) is 0 Å². The third kappa shape index (κ3) is 4.07. The Morgan fingerprint density at radius 2 is 2.14 bits per heavy atom. The van der Waals surface area contributed by atoms with Gasteiger partial charge < -0.3 is 14.0 Å². The average molecular weight is 305 g/mol. The highest BCUT2D eigenvalue weighted by Crippen LogP contribution is 2.38. The van der Waals surface area contributed by atoms with Crippen molar-refractivity contribution in [2.75, 3.05) is 7.11 Å². The summed E-state index contributed by atoms with van der Waals surface area (Å²) in [4.78, 5) is 23.3. The smallest absolute Gasteiger partial charge is 0.339 e. The molecule has 0 amide bonds. The Kier molecular flexibility index (Phi) is 4.86. The van der Waals surface area contributed by atoms with Gasteiger partial charge in [-0.25, -0.2) is 4.79 Å². The van der Waals surface area contributed by atoms with Gasteiger partial charge in [-0.3, -0.25) is 4.79 Å². The summed E-state index contributed by atoms with van der Waals surface area (Å²) in [6.45, 7) is 6.68. The summed E-state index contributed by atoms with van der Waals surface area (Å²) < 4.78 is 11.7. The summed E-state index contributed by atoms with van der Waals surface area (Å²) in [6.07, 6.45) is 5.82. The van der Waals surface area contributed by atoms with E-state index in [1.807, 2.05) is 13.0 Å². The second kappa shape index (κ2) is 6.48. The number of hydrogen-bond donors (Lipinski definition) is 0. The number of carbonyl (C=O) groups is 1. The number of allylic oxidation sites excluding steroid dienone is 2. The topological polar surface area (TPSA) is 60.8 Å². The number of rotatable bonds is 6. The number of methoxy groups -OCH3 is 1. The van der Waals surface area contributed by atoms with Crippen molar-refractivity contribution in [3.05, 3.63) is 45.9 Å². The molecule has 0 saturated carbocycles. The first kappa shape index (κ1) is 16.5. The lowest BCUT2D eigenvalue weighted by Gasteiger charge is -2.06. The van der Waals surface area contributed by atoms with Gasteiger partial charge in [-0.15, -0.1) is 0 Å². The molecule has 0 bridgehead atoms. The quantitative estimate of drug-likeness (QED) is 0.460. The zero-order valence-corrected chi connectivity index (χ0v) is 13.6. The molecule has 1 saturated heterocycles. The van der Waals surface area contributed by atoms with Gasteiger partial charge in [0.25, 0.3) is 5.56 Å². The van der Waals surface area contributed by atoms with Gasteiger partial charge in [0.05, 0.1) is 24.4 Å². The van der Waals surface area contributed by atoms with E-state index in [1.165, 1.54) is 35.6 Å². The SMILES string of the molecule is COC(=O)c1ccc(=O)n(C/C=C(\C)CCC2OC2(C)C)c1. The van der Waals surface area contributed by atoms with Gasteiger partial charge in [0.1, 0.15) is 0 Å². The molecule has 1 fully saturated rings. The summed E-state index contributed by atoms with van der Waals surface area (Å²) in [6, 6.07) is 2.86. The number of aromatic nitrogens is 1. The van der Waals surface area contributed by atoms with Crippen LogP contribution in [0.2, 0.25) is 0 Å².